The van der Waals surface area contributed by atoms with Crippen molar-refractivity contribution in [1.82, 2.24) is 20.1 Å². The van der Waals surface area contributed by atoms with Crippen LogP contribution < -0.4 is 21.3 Å². The molecule has 2 atom stereocenters. The zero-order valence-electron chi connectivity index (χ0n) is 33.8. The molecule has 0 radical (unpaired) electrons. The molecule has 19 heteroatoms. The van der Waals surface area contributed by atoms with E-state index in [4.69, 9.17) is 15.6 Å². The van der Waals surface area contributed by atoms with Crippen LogP contribution in [0.25, 0.3) is 11.1 Å². The van der Waals surface area contributed by atoms with Crippen molar-refractivity contribution in [3.8, 4) is 11.1 Å². The van der Waals surface area contributed by atoms with Crippen LogP contribution in [-0.4, -0.2) is 93.6 Å². The van der Waals surface area contributed by atoms with Crippen molar-refractivity contribution in [3.05, 3.63) is 126 Å². The maximum absolute atomic E-state index is 15.0. The first-order chi connectivity index (χ1) is 29.1. The minimum atomic E-state index is -5.08. The normalized spacial score (nSPS) is 13.5. The zero-order chi connectivity index (χ0) is 45.9. The molecule has 6 N–H and O–H groups in total. The number of halogens is 5. The van der Waals surface area contributed by atoms with Gasteiger partial charge >= 0.3 is 12.1 Å². The molecule has 1 aromatic heterocycles. The highest BCUT2D eigenvalue weighted by Gasteiger charge is 2.39. The number of aliphatic hydroxyl groups excluding tert-OH is 1. The van der Waals surface area contributed by atoms with E-state index in [-0.39, 0.29) is 42.9 Å². The van der Waals surface area contributed by atoms with Gasteiger partial charge in [-0.2, -0.15) is 13.2 Å². The highest BCUT2D eigenvalue weighted by atomic mass is 19.4. The molecule has 0 aliphatic carbocycles. The van der Waals surface area contributed by atoms with E-state index in [0.29, 0.717) is 17.8 Å². The van der Waals surface area contributed by atoms with Crippen LogP contribution in [0.1, 0.15) is 54.8 Å². The van der Waals surface area contributed by atoms with E-state index in [9.17, 15) is 46.6 Å². The summed E-state index contributed by atoms with van der Waals surface area (Å²) in [5.74, 6) is -6.63. The van der Waals surface area contributed by atoms with Gasteiger partial charge in [-0.3, -0.25) is 24.0 Å². The van der Waals surface area contributed by atoms with Gasteiger partial charge in [0.15, 0.2) is 0 Å². The van der Waals surface area contributed by atoms with Gasteiger partial charge < -0.3 is 36.0 Å². The third-order valence-corrected chi connectivity index (χ3v) is 9.38. The number of aromatic nitrogens is 1. The smallest absolute Gasteiger partial charge is 0.475 e. The first kappa shape index (κ1) is 47.9. The Morgan fingerprint density at radius 1 is 0.855 bits per heavy atom. The van der Waals surface area contributed by atoms with Crippen molar-refractivity contribution in [2.24, 2.45) is 11.1 Å². The number of benzene rings is 3. The van der Waals surface area contributed by atoms with Gasteiger partial charge in [0.05, 0.1) is 17.8 Å². The Hall–Kier alpha value is -6.73. The molecule has 0 saturated carbocycles. The maximum atomic E-state index is 15.0. The third-order valence-electron chi connectivity index (χ3n) is 9.38. The average Bonchev–Trinajstić information content (AvgIpc) is 3.78. The van der Waals surface area contributed by atoms with E-state index < -0.39 is 77.4 Å². The first-order valence-electron chi connectivity index (χ1n) is 19.0. The van der Waals surface area contributed by atoms with Crippen LogP contribution in [-0.2, 0) is 30.5 Å². The second-order valence-corrected chi connectivity index (χ2v) is 15.0. The lowest BCUT2D eigenvalue weighted by Crippen LogP contribution is -2.48. The lowest BCUT2D eigenvalue weighted by molar-refractivity contribution is -0.192. The van der Waals surface area contributed by atoms with Crippen molar-refractivity contribution < 1.29 is 60.9 Å². The molecule has 0 spiro atoms. The van der Waals surface area contributed by atoms with Gasteiger partial charge in [0.1, 0.15) is 18.2 Å². The summed E-state index contributed by atoms with van der Waals surface area (Å²) < 4.78 is 63.0. The molecule has 2 heterocycles. The molecule has 2 unspecified atom stereocenters. The molecule has 62 heavy (non-hydrogen) atoms. The second-order valence-electron chi connectivity index (χ2n) is 15.0. The van der Waals surface area contributed by atoms with Crippen LogP contribution in [0.15, 0.2) is 97.2 Å². The molecule has 330 valence electrons. The molecule has 5 rings (SSSR count). The number of nitrogens with zero attached hydrogens (tertiary/aromatic N) is 3. The molecule has 5 amide bonds. The number of carbonyl (C=O) groups excluding carboxylic acids is 5. The predicted octanol–water partition coefficient (Wildman–Crippen LogP) is 4.72. The van der Waals surface area contributed by atoms with Gasteiger partial charge in [-0.05, 0) is 59.9 Å². The summed E-state index contributed by atoms with van der Waals surface area (Å²) in [4.78, 5) is 74.6. The molecule has 1 aliphatic heterocycles. The number of anilines is 1. The van der Waals surface area contributed by atoms with Crippen LogP contribution in [0, 0.1) is 17.0 Å². The van der Waals surface area contributed by atoms with E-state index in [1.165, 1.54) is 23.1 Å². The van der Waals surface area contributed by atoms with Crippen LogP contribution in [0.5, 0.6) is 0 Å². The van der Waals surface area contributed by atoms with Gasteiger partial charge in [0.25, 0.3) is 17.7 Å². The van der Waals surface area contributed by atoms with E-state index in [0.717, 1.165) is 40.8 Å². The summed E-state index contributed by atoms with van der Waals surface area (Å²) in [5, 5.41) is 22.6. The predicted molar refractivity (Wildman–Crippen MR) is 216 cm³/mol. The number of alkyl halides is 3. The summed E-state index contributed by atoms with van der Waals surface area (Å²) >= 11 is 0. The van der Waals surface area contributed by atoms with E-state index >= 15 is 4.39 Å². The lowest BCUT2D eigenvalue weighted by atomic mass is 9.82. The molecular weight excluding hydrogens is 823 g/mol. The quantitative estimate of drug-likeness (QED) is 0.0637. The Morgan fingerprint density at radius 2 is 1.48 bits per heavy atom. The fraction of sp³-hybridized carbons (Fsp3) is 0.302. The molecular formula is C43H45F5N6O8. The molecule has 3 aromatic carbocycles. The number of nitrogens with two attached hydrogens (primary N) is 1. The van der Waals surface area contributed by atoms with Gasteiger partial charge in [-0.1, -0.05) is 57.2 Å². The van der Waals surface area contributed by atoms with Crippen molar-refractivity contribution in [2.75, 3.05) is 31.1 Å². The number of carboxylic acids is 1. The van der Waals surface area contributed by atoms with Crippen molar-refractivity contribution in [2.45, 2.75) is 52.0 Å². The Bertz CT molecular complexity index is 2290. The van der Waals surface area contributed by atoms with E-state index in [1.807, 2.05) is 55.7 Å². The summed E-state index contributed by atoms with van der Waals surface area (Å²) in [5.41, 5.74) is 8.06. The molecule has 14 nitrogen and oxygen atoms in total. The number of nitrogens with one attached hydrogen (secondary N) is 2. The van der Waals surface area contributed by atoms with Crippen LogP contribution in [0.2, 0.25) is 0 Å². The monoisotopic (exact) mass is 868 g/mol. The van der Waals surface area contributed by atoms with Gasteiger partial charge in [0, 0.05) is 66.9 Å². The number of hydrogen-bond acceptors (Lipinski definition) is 8. The number of amides is 5. The average molecular weight is 869 g/mol. The zero-order valence-corrected chi connectivity index (χ0v) is 33.8. The van der Waals surface area contributed by atoms with Crippen LogP contribution >= 0.6 is 0 Å². The van der Waals surface area contributed by atoms with Gasteiger partial charge in [-0.15, -0.1) is 0 Å². The van der Waals surface area contributed by atoms with Crippen molar-refractivity contribution >= 4 is 41.2 Å². The third kappa shape index (κ3) is 12.6. The Balaban J connectivity index is 0.00000111. The molecule has 0 bridgehead atoms. The number of aliphatic carboxylic acids is 1. The van der Waals surface area contributed by atoms with E-state index in [1.54, 1.807) is 18.3 Å². The van der Waals surface area contributed by atoms with Crippen LogP contribution in [0.3, 0.4) is 0 Å². The van der Waals surface area contributed by atoms with Gasteiger partial charge in [-0.25, -0.2) is 18.5 Å². The molecule has 0 fully saturated rings. The Kier molecular flexibility index (Phi) is 16.0. The summed E-state index contributed by atoms with van der Waals surface area (Å²) in [6.45, 7) is 5.32. The standard InChI is InChI=1S/C41H44F2N6O6.C2HF3O2/c1-41(2,3)38(34-21-28(31-22-29(42)12-13-32(31)43)24-47(34)23-26-8-5-4-6-9-26)48(37(53)25-50)19-16-33(44)40(55)46-18-17-45-39(54)27-10-7-11-30(20-27)49-35(51)14-15-36(49)52;3-2(4,5)1(6)7/h4-15,20-22,24,33,38,50H,16-19,23,25,44H2,1-3H3,(H,45,54)(H,46,55);(H,6,7). The number of aliphatic hydroxyl groups is 1. The van der Waals surface area contributed by atoms with Gasteiger partial charge in [0.2, 0.25) is 11.8 Å². The summed E-state index contributed by atoms with van der Waals surface area (Å²) in [7, 11) is 0. The minimum Gasteiger partial charge on any atom is -0.475 e. The number of rotatable bonds is 15. The SMILES string of the molecule is CC(C)(C)C(c1cc(-c2cc(F)ccc2F)cn1Cc1ccccc1)N(CCC(N)C(=O)NCCNC(=O)c1cccc(N2C(=O)C=CC2=O)c1)C(=O)CO.O=C(O)C(F)(F)F. The fourth-order valence-electron chi connectivity index (χ4n) is 6.55. The van der Waals surface area contributed by atoms with Crippen LogP contribution in [0.4, 0.5) is 27.6 Å². The minimum absolute atomic E-state index is 0.0108. The summed E-state index contributed by atoms with van der Waals surface area (Å²) in [6.07, 6.45) is -1.07. The first-order valence-corrected chi connectivity index (χ1v) is 19.0. The number of carboxylic acid groups (broad SMARTS) is 1. The molecule has 1 aliphatic rings. The number of carbonyl (C=O) groups is 6. The topological polar surface area (TPSA) is 204 Å². The number of imide groups is 1. The highest BCUT2D eigenvalue weighted by Crippen LogP contribution is 2.41. The fourth-order valence-corrected chi connectivity index (χ4v) is 6.55. The largest absolute Gasteiger partial charge is 0.490 e. The highest BCUT2D eigenvalue weighted by molar-refractivity contribution is 6.28. The molecule has 4 aromatic rings. The lowest BCUT2D eigenvalue weighted by Gasteiger charge is -2.41. The van der Waals surface area contributed by atoms with Crippen molar-refractivity contribution in [1.29, 1.82) is 0 Å². The Morgan fingerprint density at radius 3 is 2.08 bits per heavy atom. The van der Waals surface area contributed by atoms with E-state index in [2.05, 4.69) is 10.6 Å². The summed E-state index contributed by atoms with van der Waals surface area (Å²) in [6, 6.07) is 18.7. The Labute approximate surface area is 352 Å². The molecule has 0 saturated heterocycles. The second kappa shape index (κ2) is 20.7. The van der Waals surface area contributed by atoms with Crippen molar-refractivity contribution in [3.63, 3.8) is 0 Å². The number of hydrogen-bond donors (Lipinski definition) is 5. The maximum Gasteiger partial charge on any atom is 0.490 e.